The van der Waals surface area contributed by atoms with E-state index in [9.17, 15) is 9.59 Å². The van der Waals surface area contributed by atoms with Gasteiger partial charge < -0.3 is 15.3 Å². The fourth-order valence-corrected chi connectivity index (χ4v) is 2.26. The summed E-state index contributed by atoms with van der Waals surface area (Å²) in [6, 6.07) is -0.496. The number of urea groups is 1. The number of aliphatic carboxylic acids is 1. The molecule has 5 nitrogen and oxygen atoms in total. The molecule has 0 fully saturated rings. The molecule has 2 amide bonds. The van der Waals surface area contributed by atoms with Gasteiger partial charge in [-0.15, -0.1) is 0 Å². The highest BCUT2D eigenvalue weighted by Gasteiger charge is 2.30. The van der Waals surface area contributed by atoms with Crippen LogP contribution >= 0.6 is 11.8 Å². The number of hydrogen-bond donors (Lipinski definition) is 2. The van der Waals surface area contributed by atoms with Crippen LogP contribution in [0.1, 0.15) is 34.1 Å². The summed E-state index contributed by atoms with van der Waals surface area (Å²) in [6.07, 6.45) is 1.92. The molecule has 0 aliphatic carbocycles. The monoisotopic (exact) mass is 290 g/mol. The maximum atomic E-state index is 12.1. The third-order valence-electron chi connectivity index (χ3n) is 3.11. The van der Waals surface area contributed by atoms with Crippen LogP contribution in [0.15, 0.2) is 0 Å². The van der Waals surface area contributed by atoms with Gasteiger partial charge in [-0.3, -0.25) is 4.79 Å². The lowest BCUT2D eigenvalue weighted by atomic mass is 9.85. The van der Waals surface area contributed by atoms with Crippen molar-refractivity contribution in [2.45, 2.75) is 46.2 Å². The number of nitrogens with zero attached hydrogens (tertiary/aromatic N) is 1. The number of carboxylic acid groups (broad SMARTS) is 1. The summed E-state index contributed by atoms with van der Waals surface area (Å²) in [5, 5.41) is 11.7. The highest BCUT2D eigenvalue weighted by Crippen LogP contribution is 2.22. The van der Waals surface area contributed by atoms with Crippen LogP contribution in [0, 0.1) is 5.41 Å². The van der Waals surface area contributed by atoms with Crippen molar-refractivity contribution in [2.24, 2.45) is 5.41 Å². The largest absolute Gasteiger partial charge is 0.481 e. The Bertz CT molecular complexity index is 316. The minimum absolute atomic E-state index is 0.0695. The van der Waals surface area contributed by atoms with Crippen LogP contribution < -0.4 is 5.32 Å². The van der Waals surface area contributed by atoms with E-state index in [0.717, 1.165) is 5.75 Å². The van der Waals surface area contributed by atoms with E-state index in [1.165, 1.54) is 0 Å². The topological polar surface area (TPSA) is 69.6 Å². The number of carbonyl (C=O) groups excluding carboxylic acids is 1. The van der Waals surface area contributed by atoms with Crippen molar-refractivity contribution in [3.05, 3.63) is 0 Å². The summed E-state index contributed by atoms with van der Waals surface area (Å²) in [6.45, 7) is 7.74. The molecule has 0 radical (unpaired) electrons. The van der Waals surface area contributed by atoms with E-state index in [0.29, 0.717) is 0 Å². The zero-order valence-electron chi connectivity index (χ0n) is 12.7. The first-order chi connectivity index (χ1) is 8.59. The summed E-state index contributed by atoms with van der Waals surface area (Å²) in [7, 11) is 1.73. The van der Waals surface area contributed by atoms with Crippen LogP contribution in [-0.4, -0.2) is 53.1 Å². The van der Waals surface area contributed by atoms with Crippen LogP contribution in [0.2, 0.25) is 0 Å². The van der Waals surface area contributed by atoms with Crippen molar-refractivity contribution in [1.82, 2.24) is 10.2 Å². The van der Waals surface area contributed by atoms with Crippen molar-refractivity contribution in [3.8, 4) is 0 Å². The van der Waals surface area contributed by atoms with Gasteiger partial charge in [-0.1, -0.05) is 20.8 Å². The van der Waals surface area contributed by atoms with Crippen LogP contribution in [-0.2, 0) is 4.79 Å². The Morgan fingerprint density at radius 3 is 2.26 bits per heavy atom. The van der Waals surface area contributed by atoms with Gasteiger partial charge in [0.05, 0.1) is 6.42 Å². The maximum absolute atomic E-state index is 12.1. The smallest absolute Gasteiger partial charge is 0.317 e. The Hall–Kier alpha value is -0.910. The zero-order chi connectivity index (χ0) is 15.2. The highest BCUT2D eigenvalue weighted by molar-refractivity contribution is 7.98. The second-order valence-electron chi connectivity index (χ2n) is 5.88. The minimum Gasteiger partial charge on any atom is -0.481 e. The average molecular weight is 290 g/mol. The second kappa shape index (κ2) is 7.62. The summed E-state index contributed by atoms with van der Waals surface area (Å²) in [5.41, 5.74) is -0.294. The quantitative estimate of drug-likeness (QED) is 0.787. The van der Waals surface area contributed by atoms with Gasteiger partial charge in [-0.05, 0) is 18.6 Å². The van der Waals surface area contributed by atoms with Gasteiger partial charge in [0.2, 0.25) is 0 Å². The van der Waals surface area contributed by atoms with Gasteiger partial charge in [-0.2, -0.15) is 11.8 Å². The first kappa shape index (κ1) is 18.1. The molecule has 0 rings (SSSR count). The number of carboxylic acids is 1. The number of hydrogen-bond acceptors (Lipinski definition) is 3. The number of amides is 2. The Morgan fingerprint density at radius 2 is 1.89 bits per heavy atom. The van der Waals surface area contributed by atoms with Crippen molar-refractivity contribution >= 4 is 23.8 Å². The van der Waals surface area contributed by atoms with Gasteiger partial charge >= 0.3 is 12.0 Å². The van der Waals surface area contributed by atoms with Gasteiger partial charge in [0.1, 0.15) is 0 Å². The van der Waals surface area contributed by atoms with E-state index in [1.54, 1.807) is 23.7 Å². The van der Waals surface area contributed by atoms with E-state index >= 15 is 0 Å². The van der Waals surface area contributed by atoms with E-state index < -0.39 is 5.97 Å². The molecular weight excluding hydrogens is 264 g/mol. The van der Waals surface area contributed by atoms with E-state index in [-0.39, 0.29) is 30.0 Å². The van der Waals surface area contributed by atoms with Crippen LogP contribution in [0.3, 0.4) is 0 Å². The first-order valence-electron chi connectivity index (χ1n) is 6.33. The van der Waals surface area contributed by atoms with Crippen molar-refractivity contribution < 1.29 is 14.7 Å². The fraction of sp³-hybridized carbons (Fsp3) is 0.846. The first-order valence-corrected chi connectivity index (χ1v) is 7.73. The summed E-state index contributed by atoms with van der Waals surface area (Å²) in [4.78, 5) is 24.6. The van der Waals surface area contributed by atoms with Crippen LogP contribution in [0.4, 0.5) is 4.79 Å². The molecule has 2 unspecified atom stereocenters. The number of nitrogens with one attached hydrogen (secondary N) is 1. The predicted molar refractivity (Wildman–Crippen MR) is 79.6 cm³/mol. The standard InChI is InChI=1S/C13H26N2O3S/c1-9(8-19-6)15(5)12(18)14-10(7-11(16)17)13(2,3)4/h9-10H,7-8H2,1-6H3,(H,14,18)(H,16,17). The van der Waals surface area contributed by atoms with E-state index in [1.807, 2.05) is 34.0 Å². The molecule has 0 heterocycles. The molecule has 112 valence electrons. The normalized spacial score (nSPS) is 14.6. The van der Waals surface area contributed by atoms with Crippen molar-refractivity contribution in [1.29, 1.82) is 0 Å². The lowest BCUT2D eigenvalue weighted by molar-refractivity contribution is -0.138. The molecule has 6 heteroatoms. The van der Waals surface area contributed by atoms with E-state index in [2.05, 4.69) is 5.32 Å². The minimum atomic E-state index is -0.903. The number of carbonyl (C=O) groups is 2. The van der Waals surface area contributed by atoms with Gasteiger partial charge in [0, 0.05) is 24.9 Å². The molecule has 0 aromatic rings. The number of rotatable bonds is 6. The summed E-state index contributed by atoms with van der Waals surface area (Å²) >= 11 is 1.67. The number of thioether (sulfide) groups is 1. The summed E-state index contributed by atoms with van der Waals surface area (Å²) in [5.74, 6) is -0.0525. The highest BCUT2D eigenvalue weighted by atomic mass is 32.2. The Balaban J connectivity index is 4.67. The molecule has 0 aliphatic rings. The zero-order valence-corrected chi connectivity index (χ0v) is 13.5. The lowest BCUT2D eigenvalue weighted by Gasteiger charge is -2.33. The third-order valence-corrected chi connectivity index (χ3v) is 3.93. The molecule has 0 aliphatic heterocycles. The molecule has 0 spiro atoms. The Kier molecular flexibility index (Phi) is 7.26. The molecular formula is C13H26N2O3S. The van der Waals surface area contributed by atoms with Gasteiger partial charge in [0.15, 0.2) is 0 Å². The maximum Gasteiger partial charge on any atom is 0.317 e. The Morgan fingerprint density at radius 1 is 1.37 bits per heavy atom. The second-order valence-corrected chi connectivity index (χ2v) is 6.79. The molecule has 0 saturated carbocycles. The molecule has 2 atom stereocenters. The molecule has 0 aromatic carbocycles. The van der Waals surface area contributed by atoms with Gasteiger partial charge in [0.25, 0.3) is 0 Å². The molecule has 0 saturated heterocycles. The summed E-state index contributed by atoms with van der Waals surface area (Å²) < 4.78 is 0. The van der Waals surface area contributed by atoms with Crippen molar-refractivity contribution in [2.75, 3.05) is 19.1 Å². The molecule has 0 aromatic heterocycles. The van der Waals surface area contributed by atoms with Crippen LogP contribution in [0.5, 0.6) is 0 Å². The SMILES string of the molecule is CSCC(C)N(C)C(=O)NC(CC(=O)O)C(C)(C)C. The molecule has 2 N–H and O–H groups in total. The Labute approximate surface area is 120 Å². The molecule has 19 heavy (non-hydrogen) atoms. The van der Waals surface area contributed by atoms with Gasteiger partial charge in [-0.25, -0.2) is 4.79 Å². The third kappa shape index (κ3) is 6.71. The fourth-order valence-electron chi connectivity index (χ4n) is 1.55. The predicted octanol–water partition coefficient (Wildman–Crippen LogP) is 2.27. The average Bonchev–Trinajstić information content (AvgIpc) is 2.25. The molecule has 0 bridgehead atoms. The van der Waals surface area contributed by atoms with E-state index in [4.69, 9.17) is 5.11 Å². The van der Waals surface area contributed by atoms with Crippen molar-refractivity contribution in [3.63, 3.8) is 0 Å². The lowest BCUT2D eigenvalue weighted by Crippen LogP contribution is -2.51. The van der Waals surface area contributed by atoms with Crippen LogP contribution in [0.25, 0.3) is 0 Å².